The van der Waals surface area contributed by atoms with E-state index in [0.29, 0.717) is 35.4 Å². The highest BCUT2D eigenvalue weighted by molar-refractivity contribution is 6.31. The zero-order chi connectivity index (χ0) is 50.1. The van der Waals surface area contributed by atoms with E-state index < -0.39 is 0 Å². The standard InChI is InChI=1S/C66H74N2O4/c1-7-13-16-44(10-4)41-68-62-40-59-61(67-65(69)63(59)49-23-19-47(20-24-49)51-27-29-55-37-57(33-31-53(55)35-51)71-42-45(11-5)17-14-8-2)39-60(62)64(66(68)70)50-25-21-48(22-26-50)52-28-30-56-38-58(34-32-54(56)36-52)72-43-46(12-6)18-15-9-3/h19-40,44-46H,7-18,41-43H2,1-6H3,(H,67,69). The molecule has 72 heavy (non-hydrogen) atoms. The zero-order valence-electron chi connectivity index (χ0n) is 43.6. The van der Waals surface area contributed by atoms with Crippen LogP contribution in [0.3, 0.4) is 0 Å². The van der Waals surface area contributed by atoms with Crippen LogP contribution in [0.4, 0.5) is 11.4 Å². The molecule has 0 fully saturated rings. The summed E-state index contributed by atoms with van der Waals surface area (Å²) in [7, 11) is 0. The number of benzene rings is 7. The average Bonchev–Trinajstić information content (AvgIpc) is 3.88. The summed E-state index contributed by atoms with van der Waals surface area (Å²) in [5, 5.41) is 9.49. The Hall–Kier alpha value is -6.66. The van der Waals surface area contributed by atoms with E-state index in [9.17, 15) is 9.59 Å². The molecule has 0 spiro atoms. The van der Waals surface area contributed by atoms with Gasteiger partial charge in [-0.2, -0.15) is 0 Å². The molecule has 0 aliphatic carbocycles. The van der Waals surface area contributed by atoms with Crippen molar-refractivity contribution >= 4 is 55.9 Å². The van der Waals surface area contributed by atoms with Crippen molar-refractivity contribution in [1.29, 1.82) is 0 Å². The Morgan fingerprint density at radius 2 is 0.875 bits per heavy atom. The molecule has 6 nitrogen and oxygen atoms in total. The lowest BCUT2D eigenvalue weighted by atomic mass is 9.96. The van der Waals surface area contributed by atoms with Crippen LogP contribution in [0.1, 0.15) is 130 Å². The van der Waals surface area contributed by atoms with Crippen molar-refractivity contribution in [2.24, 2.45) is 17.8 Å². The lowest BCUT2D eigenvalue weighted by Gasteiger charge is -2.24. The SMILES string of the molecule is CCCCC(CC)COc1ccc2cc(-c3ccc(C4=c5cc6c(cc5NC4=O)=C(c4ccc(-c5ccc7cc(OCC(CC)CCCC)ccc7c5)cc4)C(=O)N6CC(CC)CCCC)cc3)ccc2c1. The maximum Gasteiger partial charge on any atom is 0.259 e. The molecule has 6 heteroatoms. The zero-order valence-corrected chi connectivity index (χ0v) is 43.6. The molecule has 2 amide bonds. The van der Waals surface area contributed by atoms with Crippen molar-refractivity contribution in [3.8, 4) is 33.8 Å². The van der Waals surface area contributed by atoms with Gasteiger partial charge in [-0.05, 0) is 140 Å². The number of nitrogens with zero attached hydrogens (tertiary/aromatic N) is 1. The number of nitrogens with one attached hydrogen (secondary N) is 1. The van der Waals surface area contributed by atoms with Crippen molar-refractivity contribution in [1.82, 2.24) is 0 Å². The van der Waals surface area contributed by atoms with E-state index in [1.54, 1.807) is 0 Å². The quantitative estimate of drug-likeness (QED) is 0.0655. The maximum absolute atomic E-state index is 14.9. The largest absolute Gasteiger partial charge is 0.493 e. The fraction of sp³-hybridized carbons (Fsp3) is 0.364. The number of fused-ring (bicyclic) bond motifs is 4. The summed E-state index contributed by atoms with van der Waals surface area (Å²) in [4.78, 5) is 30.8. The minimum absolute atomic E-state index is 0.0135. The number of hydrogen-bond acceptors (Lipinski definition) is 4. The number of amides is 2. The third-order valence-electron chi connectivity index (χ3n) is 15.6. The Morgan fingerprint density at radius 3 is 1.36 bits per heavy atom. The van der Waals surface area contributed by atoms with Gasteiger partial charge in [0.2, 0.25) is 0 Å². The molecule has 0 saturated heterocycles. The second-order valence-corrected chi connectivity index (χ2v) is 20.5. The van der Waals surface area contributed by atoms with E-state index in [0.717, 1.165) is 140 Å². The van der Waals surface area contributed by atoms with Gasteiger partial charge in [-0.25, -0.2) is 0 Å². The van der Waals surface area contributed by atoms with E-state index in [4.69, 9.17) is 9.47 Å². The highest BCUT2D eigenvalue weighted by Crippen LogP contribution is 2.34. The van der Waals surface area contributed by atoms with Crippen molar-refractivity contribution < 1.29 is 19.1 Å². The third kappa shape index (κ3) is 11.0. The Bertz CT molecular complexity index is 3170. The number of rotatable bonds is 24. The van der Waals surface area contributed by atoms with Gasteiger partial charge in [-0.15, -0.1) is 0 Å². The van der Waals surface area contributed by atoms with Crippen LogP contribution in [-0.2, 0) is 9.59 Å². The first-order valence-electron chi connectivity index (χ1n) is 27.3. The van der Waals surface area contributed by atoms with Crippen LogP contribution >= 0.6 is 0 Å². The Kier molecular flexibility index (Phi) is 16.2. The van der Waals surface area contributed by atoms with Crippen LogP contribution in [0.2, 0.25) is 0 Å². The Morgan fingerprint density at radius 1 is 0.444 bits per heavy atom. The van der Waals surface area contributed by atoms with E-state index in [1.807, 2.05) is 11.0 Å². The van der Waals surface area contributed by atoms with Gasteiger partial charge in [0.1, 0.15) is 11.5 Å². The normalized spacial score (nSPS) is 14.4. The molecule has 1 N–H and O–H groups in total. The van der Waals surface area contributed by atoms with Crippen molar-refractivity contribution in [3.05, 3.63) is 155 Å². The summed E-state index contributed by atoms with van der Waals surface area (Å²) in [6.07, 6.45) is 13.9. The van der Waals surface area contributed by atoms with Crippen LogP contribution in [0.15, 0.2) is 133 Å². The molecule has 0 aromatic heterocycles. The van der Waals surface area contributed by atoms with Gasteiger partial charge in [0, 0.05) is 22.7 Å². The van der Waals surface area contributed by atoms with Gasteiger partial charge < -0.3 is 19.7 Å². The molecule has 3 unspecified atom stereocenters. The molecule has 7 aromatic rings. The monoisotopic (exact) mass is 959 g/mol. The first-order valence-corrected chi connectivity index (χ1v) is 27.3. The highest BCUT2D eigenvalue weighted by atomic mass is 16.5. The number of unbranched alkanes of at least 4 members (excludes halogenated alkanes) is 3. The predicted molar refractivity (Wildman–Crippen MR) is 301 cm³/mol. The van der Waals surface area contributed by atoms with Gasteiger partial charge in [-0.1, -0.05) is 184 Å². The molecular formula is C66H74N2O4. The van der Waals surface area contributed by atoms with Gasteiger partial charge in [-0.3, -0.25) is 9.59 Å². The van der Waals surface area contributed by atoms with E-state index in [-0.39, 0.29) is 11.8 Å². The second kappa shape index (κ2) is 23.3. The van der Waals surface area contributed by atoms with Gasteiger partial charge in [0.15, 0.2) is 0 Å². The van der Waals surface area contributed by atoms with Crippen LogP contribution < -0.4 is 30.1 Å². The molecule has 3 atom stereocenters. The minimum Gasteiger partial charge on any atom is -0.493 e. The van der Waals surface area contributed by atoms with E-state index in [1.165, 1.54) is 38.5 Å². The number of anilines is 2. The predicted octanol–water partition coefficient (Wildman–Crippen LogP) is 15.4. The summed E-state index contributed by atoms with van der Waals surface area (Å²) in [6.45, 7) is 15.6. The van der Waals surface area contributed by atoms with Gasteiger partial charge in [0.25, 0.3) is 11.8 Å². The first kappa shape index (κ1) is 50.3. The molecule has 0 bridgehead atoms. The van der Waals surface area contributed by atoms with Gasteiger partial charge >= 0.3 is 0 Å². The smallest absolute Gasteiger partial charge is 0.259 e. The minimum atomic E-state index is -0.134. The Labute approximate surface area is 428 Å². The highest BCUT2D eigenvalue weighted by Gasteiger charge is 2.34. The van der Waals surface area contributed by atoms with Crippen LogP contribution in [-0.4, -0.2) is 31.6 Å². The number of carbonyl (C=O) groups is 2. The van der Waals surface area contributed by atoms with Crippen LogP contribution in [0, 0.1) is 17.8 Å². The van der Waals surface area contributed by atoms with Crippen LogP contribution in [0.5, 0.6) is 11.5 Å². The molecule has 372 valence electrons. The summed E-state index contributed by atoms with van der Waals surface area (Å²) in [6, 6.07) is 46.7. The summed E-state index contributed by atoms with van der Waals surface area (Å²) >= 11 is 0. The topological polar surface area (TPSA) is 67.9 Å². The molecule has 9 rings (SSSR count). The first-order chi connectivity index (χ1) is 35.2. The molecule has 7 aromatic carbocycles. The number of hydrogen-bond donors (Lipinski definition) is 1. The second-order valence-electron chi connectivity index (χ2n) is 20.5. The molecule has 2 aliphatic heterocycles. The molecule has 2 aliphatic rings. The fourth-order valence-electron chi connectivity index (χ4n) is 10.8. The van der Waals surface area contributed by atoms with Crippen LogP contribution in [0.25, 0.3) is 54.9 Å². The summed E-state index contributed by atoms with van der Waals surface area (Å²) in [5.41, 5.74) is 9.01. The fourth-order valence-corrected chi connectivity index (χ4v) is 10.8. The van der Waals surface area contributed by atoms with E-state index in [2.05, 4.69) is 174 Å². The van der Waals surface area contributed by atoms with Crippen molar-refractivity contribution in [2.45, 2.75) is 119 Å². The number of ether oxygens (including phenoxy) is 2. The molecule has 2 heterocycles. The average molecular weight is 959 g/mol. The molecule has 0 radical (unpaired) electrons. The van der Waals surface area contributed by atoms with Gasteiger partial charge in [0.05, 0.1) is 30.0 Å². The lowest BCUT2D eigenvalue weighted by molar-refractivity contribution is -0.113. The molecular weight excluding hydrogens is 885 g/mol. The maximum atomic E-state index is 14.9. The Balaban J connectivity index is 0.992. The third-order valence-corrected chi connectivity index (χ3v) is 15.6. The summed E-state index contributed by atoms with van der Waals surface area (Å²) < 4.78 is 12.5. The van der Waals surface area contributed by atoms with Crippen molar-refractivity contribution in [2.75, 3.05) is 30.0 Å². The number of carbonyl (C=O) groups excluding carboxylic acids is 2. The van der Waals surface area contributed by atoms with Crippen molar-refractivity contribution in [3.63, 3.8) is 0 Å². The summed E-state index contributed by atoms with van der Waals surface area (Å²) in [5.74, 6) is 3.24. The lowest BCUT2D eigenvalue weighted by Crippen LogP contribution is -2.34. The van der Waals surface area contributed by atoms with E-state index >= 15 is 0 Å². The molecule has 0 saturated carbocycles.